The van der Waals surface area contributed by atoms with Crippen LogP contribution in [0.25, 0.3) is 0 Å². The van der Waals surface area contributed by atoms with Gasteiger partial charge in [-0.1, -0.05) is 63.1 Å². The van der Waals surface area contributed by atoms with Crippen LogP contribution >= 0.6 is 11.8 Å². The second kappa shape index (κ2) is 9.44. The number of hydrogen-bond acceptors (Lipinski definition) is 5. The number of methoxy groups -OCH3 is 1. The lowest BCUT2D eigenvalue weighted by molar-refractivity contribution is -0.196. The van der Waals surface area contributed by atoms with Crippen molar-refractivity contribution in [1.29, 1.82) is 0 Å². The number of thioether (sulfide) groups is 1. The Kier molecular flexibility index (Phi) is 6.88. The molecule has 0 unspecified atom stereocenters. The van der Waals surface area contributed by atoms with Crippen LogP contribution in [0.15, 0.2) is 35.2 Å². The number of hydrogen-bond donors (Lipinski definition) is 0. The van der Waals surface area contributed by atoms with Gasteiger partial charge in [-0.05, 0) is 37.8 Å². The number of carbonyl (C=O) groups excluding carboxylic acids is 2. The first kappa shape index (κ1) is 21.9. The first-order chi connectivity index (χ1) is 14.6. The minimum absolute atomic E-state index is 0.109. The summed E-state index contributed by atoms with van der Waals surface area (Å²) in [5.41, 5.74) is -1.56. The van der Waals surface area contributed by atoms with Crippen LogP contribution in [0.2, 0.25) is 0 Å². The second-order valence-corrected chi connectivity index (χ2v) is 10.3. The Morgan fingerprint density at radius 1 is 1.03 bits per heavy atom. The van der Waals surface area contributed by atoms with Crippen molar-refractivity contribution < 1.29 is 19.1 Å². The maximum atomic E-state index is 14.1. The monoisotopic (exact) mass is 430 g/mol. The summed E-state index contributed by atoms with van der Waals surface area (Å²) >= 11 is 1.77. The van der Waals surface area contributed by atoms with E-state index in [1.54, 1.807) is 11.8 Å². The Morgan fingerprint density at radius 2 is 1.73 bits per heavy atom. The van der Waals surface area contributed by atoms with Crippen molar-refractivity contribution in [2.24, 2.45) is 11.3 Å². The highest BCUT2D eigenvalue weighted by Crippen LogP contribution is 2.56. The molecule has 3 aliphatic rings. The van der Waals surface area contributed by atoms with E-state index in [0.717, 1.165) is 50.7 Å². The maximum Gasteiger partial charge on any atom is 0.322 e. The number of esters is 1. The number of fused-ring (bicyclic) bond motifs is 6. The molecule has 0 N–H and O–H groups in total. The molecule has 1 aromatic carbocycles. The lowest BCUT2D eigenvalue weighted by Crippen LogP contribution is -2.61. The number of ether oxygens (including phenoxy) is 2. The molecule has 1 aliphatic carbocycles. The van der Waals surface area contributed by atoms with Gasteiger partial charge in [0.2, 0.25) is 0 Å². The molecule has 0 spiro atoms. The molecule has 5 heteroatoms. The predicted octanol–water partition coefficient (Wildman–Crippen LogP) is 5.58. The van der Waals surface area contributed by atoms with Gasteiger partial charge in [-0.2, -0.15) is 0 Å². The molecular weight excluding hydrogens is 396 g/mol. The van der Waals surface area contributed by atoms with Crippen LogP contribution in [0.3, 0.4) is 0 Å². The van der Waals surface area contributed by atoms with Gasteiger partial charge in [0.05, 0.1) is 18.8 Å². The van der Waals surface area contributed by atoms with Crippen LogP contribution in [0.1, 0.15) is 70.6 Å². The zero-order valence-corrected chi connectivity index (χ0v) is 18.9. The first-order valence-electron chi connectivity index (χ1n) is 11.6. The standard InChI is InChI=1S/C25H34O4S/c1-28-23(27)25-16-11-6-4-2-3-5-10-14-20(22(25)26)24(17-15-21(25)29-24)18-30-19-12-8-7-9-13-19/h7-9,12-13,20-21H,2-6,10-11,14-18H2,1H3/t20-,21-,24+,25+/m0/s1. The number of rotatable bonds is 4. The van der Waals surface area contributed by atoms with Crippen LogP contribution in [-0.4, -0.2) is 36.3 Å². The van der Waals surface area contributed by atoms with Crippen molar-refractivity contribution >= 4 is 23.5 Å². The van der Waals surface area contributed by atoms with E-state index in [-0.39, 0.29) is 23.8 Å². The molecular formula is C25H34O4S. The smallest absolute Gasteiger partial charge is 0.322 e. The van der Waals surface area contributed by atoms with E-state index in [1.165, 1.54) is 31.3 Å². The van der Waals surface area contributed by atoms with Crippen LogP contribution in [0.4, 0.5) is 0 Å². The van der Waals surface area contributed by atoms with Crippen LogP contribution in [-0.2, 0) is 19.1 Å². The predicted molar refractivity (Wildman–Crippen MR) is 119 cm³/mol. The third kappa shape index (κ3) is 3.95. The van der Waals surface area contributed by atoms with E-state index in [9.17, 15) is 9.59 Å². The van der Waals surface area contributed by atoms with Crippen molar-refractivity contribution in [3.63, 3.8) is 0 Å². The Labute approximate surface area is 184 Å². The molecule has 164 valence electrons. The van der Waals surface area contributed by atoms with E-state index < -0.39 is 11.0 Å². The van der Waals surface area contributed by atoms with Gasteiger partial charge >= 0.3 is 5.97 Å². The SMILES string of the molecule is COC(=O)[C@@]12CCCCCCCCC[C@@H](C1=O)[C@]1(CSc3ccccc3)CC[C@@H]2O1. The van der Waals surface area contributed by atoms with E-state index >= 15 is 0 Å². The molecule has 4 rings (SSSR count). The molecule has 4 nitrogen and oxygen atoms in total. The zero-order valence-electron chi connectivity index (χ0n) is 18.1. The van der Waals surface area contributed by atoms with Crippen molar-refractivity contribution in [1.82, 2.24) is 0 Å². The molecule has 1 saturated carbocycles. The Hall–Kier alpha value is -1.33. The molecule has 4 bridgehead atoms. The van der Waals surface area contributed by atoms with E-state index in [2.05, 4.69) is 12.1 Å². The summed E-state index contributed by atoms with van der Waals surface area (Å²) in [4.78, 5) is 28.3. The summed E-state index contributed by atoms with van der Waals surface area (Å²) < 4.78 is 12.0. The maximum absolute atomic E-state index is 14.1. The van der Waals surface area contributed by atoms with Crippen molar-refractivity contribution in [3.8, 4) is 0 Å². The number of Topliss-reactive ketones (excluding diaryl/α,β-unsaturated/α-hetero) is 1. The summed E-state index contributed by atoms with van der Waals surface area (Å²) in [6.45, 7) is 0. The molecule has 0 amide bonds. The summed E-state index contributed by atoms with van der Waals surface area (Å²) in [5, 5.41) is 0. The third-order valence-corrected chi connectivity index (χ3v) is 8.73. The molecule has 4 atom stereocenters. The lowest BCUT2D eigenvalue weighted by atomic mass is 9.65. The van der Waals surface area contributed by atoms with E-state index in [1.807, 2.05) is 18.2 Å². The normalized spacial score (nSPS) is 34.6. The number of benzene rings is 1. The van der Waals surface area contributed by atoms with E-state index in [0.29, 0.717) is 6.42 Å². The topological polar surface area (TPSA) is 52.6 Å². The molecule has 2 aliphatic heterocycles. The highest BCUT2D eigenvalue weighted by atomic mass is 32.2. The van der Waals surface area contributed by atoms with Gasteiger partial charge in [0.15, 0.2) is 11.2 Å². The van der Waals surface area contributed by atoms with Crippen LogP contribution in [0.5, 0.6) is 0 Å². The van der Waals surface area contributed by atoms with Gasteiger partial charge in [0.1, 0.15) is 0 Å². The summed E-state index contributed by atoms with van der Waals surface area (Å²) in [6, 6.07) is 10.3. The lowest BCUT2D eigenvalue weighted by Gasteiger charge is -2.48. The molecule has 2 saturated heterocycles. The minimum Gasteiger partial charge on any atom is -0.468 e. The number of carbonyl (C=O) groups is 2. The van der Waals surface area contributed by atoms with Gasteiger partial charge in [-0.15, -0.1) is 11.8 Å². The summed E-state index contributed by atoms with van der Waals surface area (Å²) in [5.74, 6) is 0.287. The van der Waals surface area contributed by atoms with Crippen LogP contribution in [0, 0.1) is 11.3 Å². The molecule has 2 heterocycles. The van der Waals surface area contributed by atoms with Crippen LogP contribution < -0.4 is 0 Å². The molecule has 30 heavy (non-hydrogen) atoms. The Morgan fingerprint density at radius 3 is 2.47 bits per heavy atom. The van der Waals surface area contributed by atoms with Gasteiger partial charge in [0.25, 0.3) is 0 Å². The Balaban J connectivity index is 1.65. The summed E-state index contributed by atoms with van der Waals surface area (Å²) in [6.07, 6.45) is 10.5. The first-order valence-corrected chi connectivity index (χ1v) is 12.6. The average Bonchev–Trinajstić information content (AvgIpc) is 3.17. The fraction of sp³-hybridized carbons (Fsp3) is 0.680. The van der Waals surface area contributed by atoms with E-state index in [4.69, 9.17) is 9.47 Å². The fourth-order valence-corrected chi connectivity index (χ4v) is 7.02. The quantitative estimate of drug-likeness (QED) is 0.355. The largest absolute Gasteiger partial charge is 0.468 e. The highest BCUT2D eigenvalue weighted by molar-refractivity contribution is 7.99. The Bertz CT molecular complexity index is 751. The van der Waals surface area contributed by atoms with Gasteiger partial charge in [-0.3, -0.25) is 9.59 Å². The van der Waals surface area contributed by atoms with Gasteiger partial charge in [-0.25, -0.2) is 0 Å². The average molecular weight is 431 g/mol. The van der Waals surface area contributed by atoms with Crippen molar-refractivity contribution in [3.05, 3.63) is 30.3 Å². The molecule has 0 radical (unpaired) electrons. The minimum atomic E-state index is -1.10. The fourth-order valence-electron chi connectivity index (χ4n) is 5.85. The highest BCUT2D eigenvalue weighted by Gasteiger charge is 2.67. The van der Waals surface area contributed by atoms with Crippen molar-refractivity contribution in [2.45, 2.75) is 87.2 Å². The zero-order chi connectivity index (χ0) is 21.0. The molecule has 1 aromatic rings. The second-order valence-electron chi connectivity index (χ2n) is 9.20. The third-order valence-electron chi connectivity index (χ3n) is 7.49. The van der Waals surface area contributed by atoms with Gasteiger partial charge < -0.3 is 9.47 Å². The van der Waals surface area contributed by atoms with Crippen molar-refractivity contribution in [2.75, 3.05) is 12.9 Å². The molecule has 0 aromatic heterocycles. The number of ketones is 1. The summed E-state index contributed by atoms with van der Waals surface area (Å²) in [7, 11) is 1.41. The molecule has 3 fully saturated rings. The van der Waals surface area contributed by atoms with Gasteiger partial charge in [0, 0.05) is 16.6 Å².